The van der Waals surface area contributed by atoms with E-state index >= 15 is 0 Å². The van der Waals surface area contributed by atoms with Crippen LogP contribution in [-0.4, -0.2) is 58.6 Å². The van der Waals surface area contributed by atoms with Crippen LogP contribution in [-0.2, 0) is 11.3 Å². The van der Waals surface area contributed by atoms with Gasteiger partial charge in [0.2, 0.25) is 5.91 Å². The van der Waals surface area contributed by atoms with Gasteiger partial charge in [0, 0.05) is 55.4 Å². The van der Waals surface area contributed by atoms with E-state index in [1.807, 2.05) is 18.2 Å². The number of anilines is 1. The van der Waals surface area contributed by atoms with E-state index in [1.165, 1.54) is 5.56 Å². The lowest BCUT2D eigenvalue weighted by molar-refractivity contribution is -0.117. The Morgan fingerprint density at radius 3 is 2.75 bits per heavy atom. The number of hydrogen-bond acceptors (Lipinski definition) is 6. The van der Waals surface area contributed by atoms with E-state index in [1.54, 1.807) is 19.2 Å². The van der Waals surface area contributed by atoms with Crippen molar-refractivity contribution in [3.63, 3.8) is 0 Å². The minimum atomic E-state index is -0.0744. The number of rotatable bonds is 5. The maximum absolute atomic E-state index is 12.2. The second kappa shape index (κ2) is 8.26. The zero-order valence-corrected chi connectivity index (χ0v) is 16.4. The van der Waals surface area contributed by atoms with E-state index < -0.39 is 0 Å². The molecule has 0 radical (unpaired) electrons. The van der Waals surface area contributed by atoms with Crippen LogP contribution in [0.25, 0.3) is 10.9 Å². The zero-order chi connectivity index (χ0) is 19.5. The molecule has 3 heterocycles. The quantitative estimate of drug-likeness (QED) is 0.711. The molecule has 1 aromatic carbocycles. The number of carbonyl (C=O) groups excluding carboxylic acids is 1. The number of benzene rings is 1. The van der Waals surface area contributed by atoms with Gasteiger partial charge in [-0.1, -0.05) is 22.8 Å². The van der Waals surface area contributed by atoms with Gasteiger partial charge in [0.25, 0.3) is 0 Å². The van der Waals surface area contributed by atoms with Crippen molar-refractivity contribution in [2.75, 3.05) is 38.0 Å². The molecule has 1 fully saturated rings. The fourth-order valence-corrected chi connectivity index (χ4v) is 3.70. The fraction of sp³-hybridized carbons (Fsp3) is 0.350. The first kappa shape index (κ1) is 18.9. The van der Waals surface area contributed by atoms with E-state index in [-0.39, 0.29) is 5.91 Å². The summed E-state index contributed by atoms with van der Waals surface area (Å²) in [6.07, 6.45) is 1.80. The number of halogens is 1. The summed E-state index contributed by atoms with van der Waals surface area (Å²) in [4.78, 5) is 21.2. The summed E-state index contributed by atoms with van der Waals surface area (Å²) in [6, 6.07) is 9.61. The molecule has 0 atom stereocenters. The van der Waals surface area contributed by atoms with Gasteiger partial charge in [0.15, 0.2) is 5.82 Å². The van der Waals surface area contributed by atoms with E-state index in [0.717, 1.165) is 48.6 Å². The summed E-state index contributed by atoms with van der Waals surface area (Å²) < 4.78 is 4.97. The molecule has 0 bridgehead atoms. The highest BCUT2D eigenvalue weighted by atomic mass is 35.5. The largest absolute Gasteiger partial charge is 0.360 e. The molecule has 4 rings (SSSR count). The van der Waals surface area contributed by atoms with Crippen LogP contribution in [0.15, 0.2) is 41.1 Å². The Morgan fingerprint density at radius 2 is 2.00 bits per heavy atom. The Hall–Kier alpha value is -2.48. The van der Waals surface area contributed by atoms with Gasteiger partial charge in [-0.2, -0.15) is 0 Å². The first-order valence-electron chi connectivity index (χ1n) is 9.28. The van der Waals surface area contributed by atoms with Crippen LogP contribution in [0.5, 0.6) is 0 Å². The van der Waals surface area contributed by atoms with Crippen molar-refractivity contribution in [1.29, 1.82) is 0 Å². The summed E-state index contributed by atoms with van der Waals surface area (Å²) in [5, 5.41) is 8.27. The van der Waals surface area contributed by atoms with Crippen molar-refractivity contribution in [2.45, 2.75) is 13.5 Å². The van der Waals surface area contributed by atoms with Crippen LogP contribution >= 0.6 is 11.6 Å². The van der Waals surface area contributed by atoms with Gasteiger partial charge < -0.3 is 9.84 Å². The molecule has 146 valence electrons. The lowest BCUT2D eigenvalue weighted by Crippen LogP contribution is -2.48. The topological polar surface area (TPSA) is 74.5 Å². The lowest BCUT2D eigenvalue weighted by atomic mass is 10.1. The molecule has 1 N–H and O–H groups in total. The van der Waals surface area contributed by atoms with Gasteiger partial charge in [0.1, 0.15) is 5.76 Å². The molecular weight excluding hydrogens is 378 g/mol. The molecule has 8 heteroatoms. The number of hydrogen-bond donors (Lipinski definition) is 1. The fourth-order valence-electron chi connectivity index (χ4n) is 3.48. The maximum atomic E-state index is 12.2. The van der Waals surface area contributed by atoms with E-state index in [0.29, 0.717) is 18.1 Å². The molecule has 3 aromatic rings. The average Bonchev–Trinajstić information content (AvgIpc) is 3.10. The Kier molecular flexibility index (Phi) is 5.57. The molecule has 0 spiro atoms. The molecule has 0 aliphatic carbocycles. The molecule has 1 amide bonds. The molecule has 0 unspecified atom stereocenters. The molecule has 0 saturated carbocycles. The predicted octanol–water partition coefficient (Wildman–Crippen LogP) is 2.94. The molecule has 7 nitrogen and oxygen atoms in total. The zero-order valence-electron chi connectivity index (χ0n) is 15.7. The minimum Gasteiger partial charge on any atom is -0.360 e. The summed E-state index contributed by atoms with van der Waals surface area (Å²) in [5.41, 5.74) is 2.13. The molecule has 28 heavy (non-hydrogen) atoms. The Labute approximate surface area is 168 Å². The number of pyridine rings is 1. The normalized spacial score (nSPS) is 15.8. The van der Waals surface area contributed by atoms with Gasteiger partial charge in [-0.05, 0) is 30.7 Å². The first-order chi connectivity index (χ1) is 13.6. The number of nitrogens with one attached hydrogen (secondary N) is 1. The van der Waals surface area contributed by atoms with Crippen molar-refractivity contribution in [1.82, 2.24) is 19.9 Å². The molecule has 1 aliphatic rings. The highest BCUT2D eigenvalue weighted by Gasteiger charge is 2.20. The monoisotopic (exact) mass is 399 g/mol. The van der Waals surface area contributed by atoms with Crippen molar-refractivity contribution >= 4 is 34.2 Å². The van der Waals surface area contributed by atoms with Crippen LogP contribution in [0, 0.1) is 6.92 Å². The van der Waals surface area contributed by atoms with Crippen LogP contribution in [0.2, 0.25) is 5.02 Å². The second-order valence-corrected chi connectivity index (χ2v) is 7.44. The van der Waals surface area contributed by atoms with Crippen molar-refractivity contribution < 1.29 is 9.32 Å². The molecule has 2 aromatic heterocycles. The van der Waals surface area contributed by atoms with E-state index in [4.69, 9.17) is 16.1 Å². The van der Waals surface area contributed by atoms with Gasteiger partial charge in [-0.3, -0.25) is 19.6 Å². The summed E-state index contributed by atoms with van der Waals surface area (Å²) in [5.74, 6) is 1.06. The smallest absolute Gasteiger partial charge is 0.239 e. The number of aromatic nitrogens is 2. The maximum Gasteiger partial charge on any atom is 0.239 e. The molecular formula is C20H22ClN5O2. The SMILES string of the molecule is Cc1cc(NC(=O)CN2CCN(Cc3ccc(Cl)c4cccnc34)CC2)no1. The number of piperazine rings is 1. The van der Waals surface area contributed by atoms with Crippen LogP contribution < -0.4 is 5.32 Å². The number of amides is 1. The van der Waals surface area contributed by atoms with Gasteiger partial charge in [0.05, 0.1) is 12.1 Å². The van der Waals surface area contributed by atoms with Crippen molar-refractivity contribution in [3.8, 4) is 0 Å². The van der Waals surface area contributed by atoms with E-state index in [2.05, 4.69) is 31.3 Å². The minimum absolute atomic E-state index is 0.0744. The standard InChI is InChI=1S/C20H22ClN5O2/c1-14-11-18(24-28-14)23-19(27)13-26-9-7-25(8-10-26)12-15-4-5-17(21)16-3-2-6-22-20(15)16/h2-6,11H,7-10,12-13H2,1H3,(H,23,24,27). The Morgan fingerprint density at radius 1 is 1.21 bits per heavy atom. The van der Waals surface area contributed by atoms with Crippen molar-refractivity contribution in [3.05, 3.63) is 52.9 Å². The highest BCUT2D eigenvalue weighted by molar-refractivity contribution is 6.35. The number of aryl methyl sites for hydroxylation is 1. The van der Waals surface area contributed by atoms with E-state index in [9.17, 15) is 4.79 Å². The van der Waals surface area contributed by atoms with Gasteiger partial charge >= 0.3 is 0 Å². The van der Waals surface area contributed by atoms with Gasteiger partial charge in [-0.25, -0.2) is 0 Å². The third-order valence-electron chi connectivity index (χ3n) is 4.92. The van der Waals surface area contributed by atoms with Crippen LogP contribution in [0.4, 0.5) is 5.82 Å². The van der Waals surface area contributed by atoms with Gasteiger partial charge in [-0.15, -0.1) is 0 Å². The second-order valence-electron chi connectivity index (χ2n) is 7.03. The molecule has 1 saturated heterocycles. The molecule has 1 aliphatic heterocycles. The lowest BCUT2D eigenvalue weighted by Gasteiger charge is -2.34. The third-order valence-corrected chi connectivity index (χ3v) is 5.25. The van der Waals surface area contributed by atoms with Crippen LogP contribution in [0.1, 0.15) is 11.3 Å². The summed E-state index contributed by atoms with van der Waals surface area (Å²) in [6.45, 7) is 6.43. The van der Waals surface area contributed by atoms with Crippen LogP contribution in [0.3, 0.4) is 0 Å². The third kappa shape index (κ3) is 4.32. The average molecular weight is 400 g/mol. The summed E-state index contributed by atoms with van der Waals surface area (Å²) >= 11 is 6.29. The Bertz CT molecular complexity index is 982. The first-order valence-corrected chi connectivity index (χ1v) is 9.66. The highest BCUT2D eigenvalue weighted by Crippen LogP contribution is 2.25. The number of fused-ring (bicyclic) bond motifs is 1. The Balaban J connectivity index is 1.31. The predicted molar refractivity (Wildman–Crippen MR) is 108 cm³/mol. The summed E-state index contributed by atoms with van der Waals surface area (Å²) in [7, 11) is 0. The van der Waals surface area contributed by atoms with Crippen molar-refractivity contribution in [2.24, 2.45) is 0 Å². The number of carbonyl (C=O) groups is 1. The number of nitrogens with zero attached hydrogens (tertiary/aromatic N) is 4.